The number of Topliss-reactive ketones (excluding diaryl/α,β-unsaturated/α-hetero) is 1. The minimum atomic E-state index is -0.713. The molecule has 2 aromatic rings. The van der Waals surface area contributed by atoms with Crippen LogP contribution in [0.25, 0.3) is 5.76 Å². The quantitative estimate of drug-likeness (QED) is 0.469. The maximum absolute atomic E-state index is 12.8. The third-order valence-electron chi connectivity index (χ3n) is 4.66. The van der Waals surface area contributed by atoms with E-state index in [-0.39, 0.29) is 11.3 Å². The van der Waals surface area contributed by atoms with Gasteiger partial charge in [0.15, 0.2) is 11.5 Å². The number of pyridine rings is 1. The highest BCUT2D eigenvalue weighted by Gasteiger charge is 2.45. The molecule has 1 amide bonds. The number of aliphatic hydroxyl groups is 1. The third-order valence-corrected chi connectivity index (χ3v) is 4.66. The fraction of sp³-hybridized carbons (Fsp3) is 0.286. The molecule has 1 aromatic heterocycles. The summed E-state index contributed by atoms with van der Waals surface area (Å²) < 4.78 is 10.5. The summed E-state index contributed by atoms with van der Waals surface area (Å²) in [6.45, 7) is 2.32. The second-order valence-electron chi connectivity index (χ2n) is 6.35. The Morgan fingerprint density at radius 2 is 1.93 bits per heavy atom. The topological polar surface area (TPSA) is 89.0 Å². The first-order valence-electron chi connectivity index (χ1n) is 8.94. The van der Waals surface area contributed by atoms with E-state index >= 15 is 0 Å². The first kappa shape index (κ1) is 19.4. The zero-order valence-corrected chi connectivity index (χ0v) is 16.0. The van der Waals surface area contributed by atoms with Crippen LogP contribution in [0.2, 0.25) is 0 Å². The van der Waals surface area contributed by atoms with Crippen molar-refractivity contribution < 1.29 is 24.2 Å². The van der Waals surface area contributed by atoms with Crippen molar-refractivity contribution in [2.45, 2.75) is 19.4 Å². The number of rotatable bonds is 6. The average Bonchev–Trinajstić information content (AvgIpc) is 2.98. The van der Waals surface area contributed by atoms with Gasteiger partial charge in [0, 0.05) is 24.5 Å². The van der Waals surface area contributed by atoms with Crippen molar-refractivity contribution >= 4 is 17.4 Å². The number of carbonyl (C=O) groups excluding carboxylic acids is 2. The van der Waals surface area contributed by atoms with Gasteiger partial charge in [-0.3, -0.25) is 14.6 Å². The lowest BCUT2D eigenvalue weighted by atomic mass is 9.96. The van der Waals surface area contributed by atoms with Gasteiger partial charge in [0.05, 0.1) is 25.8 Å². The van der Waals surface area contributed by atoms with Crippen molar-refractivity contribution in [2.75, 3.05) is 20.8 Å². The summed E-state index contributed by atoms with van der Waals surface area (Å²) in [6, 6.07) is 7.65. The first-order valence-corrected chi connectivity index (χ1v) is 8.94. The molecule has 28 heavy (non-hydrogen) atoms. The second-order valence-corrected chi connectivity index (χ2v) is 6.35. The standard InChI is InChI=1S/C21H22N2O5/c1-4-10-23-18(14-6-5-9-22-12-14)17(20(25)21(23)26)19(24)13-7-8-15(27-2)16(11-13)28-3/h5-9,11-12,18,24H,4,10H2,1-3H3/b19-17-. The minimum Gasteiger partial charge on any atom is -0.507 e. The van der Waals surface area contributed by atoms with E-state index in [4.69, 9.17) is 9.47 Å². The summed E-state index contributed by atoms with van der Waals surface area (Å²) in [5, 5.41) is 11.0. The van der Waals surface area contributed by atoms with E-state index in [1.54, 1.807) is 42.7 Å². The molecule has 2 heterocycles. The number of methoxy groups -OCH3 is 2. The number of ketones is 1. The van der Waals surface area contributed by atoms with Crippen LogP contribution in [-0.2, 0) is 9.59 Å². The van der Waals surface area contributed by atoms with Gasteiger partial charge in [0.1, 0.15) is 5.76 Å². The molecule has 146 valence electrons. The van der Waals surface area contributed by atoms with Crippen LogP contribution in [0.1, 0.15) is 30.5 Å². The van der Waals surface area contributed by atoms with Crippen LogP contribution in [0.4, 0.5) is 0 Å². The molecule has 0 spiro atoms. The molecule has 1 N–H and O–H groups in total. The van der Waals surface area contributed by atoms with Gasteiger partial charge in [-0.05, 0) is 36.2 Å². The monoisotopic (exact) mass is 382 g/mol. The molecule has 0 aliphatic carbocycles. The Labute approximate surface area is 163 Å². The summed E-state index contributed by atoms with van der Waals surface area (Å²) in [5.41, 5.74) is 1.07. The van der Waals surface area contributed by atoms with E-state index in [0.29, 0.717) is 35.6 Å². The van der Waals surface area contributed by atoms with Gasteiger partial charge in [0.2, 0.25) is 0 Å². The highest BCUT2D eigenvalue weighted by atomic mass is 16.5. The van der Waals surface area contributed by atoms with Gasteiger partial charge < -0.3 is 19.5 Å². The fourth-order valence-electron chi connectivity index (χ4n) is 3.37. The van der Waals surface area contributed by atoms with Crippen molar-refractivity contribution in [3.05, 3.63) is 59.4 Å². The smallest absolute Gasteiger partial charge is 0.295 e. The Morgan fingerprint density at radius 1 is 1.18 bits per heavy atom. The maximum Gasteiger partial charge on any atom is 0.295 e. The summed E-state index contributed by atoms with van der Waals surface area (Å²) in [6.07, 6.45) is 3.89. The summed E-state index contributed by atoms with van der Waals surface area (Å²) in [4.78, 5) is 31.0. The predicted octanol–water partition coefficient (Wildman–Crippen LogP) is 2.93. The third kappa shape index (κ3) is 3.31. The summed E-state index contributed by atoms with van der Waals surface area (Å²) >= 11 is 0. The number of carbonyl (C=O) groups is 2. The lowest BCUT2D eigenvalue weighted by Gasteiger charge is -2.24. The van der Waals surface area contributed by atoms with E-state index < -0.39 is 17.7 Å². The molecule has 3 rings (SSSR count). The zero-order chi connectivity index (χ0) is 20.3. The van der Waals surface area contributed by atoms with Crippen molar-refractivity contribution in [3.8, 4) is 11.5 Å². The molecule has 1 saturated heterocycles. The SMILES string of the molecule is CCCN1C(=O)C(=O)/C(=C(\O)c2ccc(OC)c(OC)c2)C1c1cccnc1. The molecule has 1 fully saturated rings. The van der Waals surface area contributed by atoms with E-state index in [2.05, 4.69) is 4.98 Å². The van der Waals surface area contributed by atoms with E-state index in [1.165, 1.54) is 19.1 Å². The second kappa shape index (κ2) is 8.12. The number of ether oxygens (including phenoxy) is 2. The number of nitrogens with zero attached hydrogens (tertiary/aromatic N) is 2. The van der Waals surface area contributed by atoms with Crippen molar-refractivity contribution in [1.29, 1.82) is 0 Å². The normalized spacial score (nSPS) is 18.4. The minimum absolute atomic E-state index is 0.0404. The molecule has 1 atom stereocenters. The molecule has 0 bridgehead atoms. The first-order chi connectivity index (χ1) is 13.5. The maximum atomic E-state index is 12.8. The van der Waals surface area contributed by atoms with E-state index in [9.17, 15) is 14.7 Å². The van der Waals surface area contributed by atoms with Gasteiger partial charge >= 0.3 is 0 Å². The molecular formula is C21H22N2O5. The van der Waals surface area contributed by atoms with Gasteiger partial charge in [-0.15, -0.1) is 0 Å². The number of aliphatic hydroxyl groups excluding tert-OH is 1. The average molecular weight is 382 g/mol. The Hall–Kier alpha value is -3.35. The Balaban J connectivity index is 2.18. The molecular weight excluding hydrogens is 360 g/mol. The van der Waals surface area contributed by atoms with Crippen LogP contribution in [0, 0.1) is 0 Å². The van der Waals surface area contributed by atoms with Crippen LogP contribution >= 0.6 is 0 Å². The van der Waals surface area contributed by atoms with Gasteiger partial charge in [-0.1, -0.05) is 13.0 Å². The fourth-order valence-corrected chi connectivity index (χ4v) is 3.37. The Bertz CT molecular complexity index is 924. The van der Waals surface area contributed by atoms with Crippen LogP contribution in [0.15, 0.2) is 48.3 Å². The molecule has 7 heteroatoms. The number of amides is 1. The predicted molar refractivity (Wildman–Crippen MR) is 103 cm³/mol. The van der Waals surface area contributed by atoms with Gasteiger partial charge in [-0.2, -0.15) is 0 Å². The van der Waals surface area contributed by atoms with Crippen molar-refractivity contribution in [1.82, 2.24) is 9.88 Å². The largest absolute Gasteiger partial charge is 0.507 e. The molecule has 1 aliphatic rings. The van der Waals surface area contributed by atoms with E-state index in [1.807, 2.05) is 6.92 Å². The molecule has 1 aromatic carbocycles. The lowest BCUT2D eigenvalue weighted by molar-refractivity contribution is -0.139. The van der Waals surface area contributed by atoms with Crippen LogP contribution in [0.5, 0.6) is 11.5 Å². The molecule has 0 radical (unpaired) electrons. The zero-order valence-electron chi connectivity index (χ0n) is 16.0. The number of aromatic nitrogens is 1. The Morgan fingerprint density at radius 3 is 2.54 bits per heavy atom. The van der Waals surface area contributed by atoms with Crippen LogP contribution in [-0.4, -0.2) is 47.4 Å². The van der Waals surface area contributed by atoms with Crippen LogP contribution in [0.3, 0.4) is 0 Å². The number of likely N-dealkylation sites (tertiary alicyclic amines) is 1. The van der Waals surface area contributed by atoms with Gasteiger partial charge in [-0.25, -0.2) is 0 Å². The van der Waals surface area contributed by atoms with E-state index in [0.717, 1.165) is 0 Å². The van der Waals surface area contributed by atoms with Crippen molar-refractivity contribution in [2.24, 2.45) is 0 Å². The van der Waals surface area contributed by atoms with Crippen LogP contribution < -0.4 is 9.47 Å². The Kier molecular flexibility index (Phi) is 5.63. The number of hydrogen-bond donors (Lipinski definition) is 1. The molecule has 1 aliphatic heterocycles. The molecule has 7 nitrogen and oxygen atoms in total. The molecule has 1 unspecified atom stereocenters. The lowest BCUT2D eigenvalue weighted by Crippen LogP contribution is -2.30. The number of hydrogen-bond acceptors (Lipinski definition) is 6. The summed E-state index contributed by atoms with van der Waals surface area (Å²) in [5.74, 6) is -0.694. The van der Waals surface area contributed by atoms with Gasteiger partial charge in [0.25, 0.3) is 11.7 Å². The molecule has 0 saturated carbocycles. The van der Waals surface area contributed by atoms with Crippen molar-refractivity contribution in [3.63, 3.8) is 0 Å². The number of benzene rings is 1. The highest BCUT2D eigenvalue weighted by Crippen LogP contribution is 2.40. The highest BCUT2D eigenvalue weighted by molar-refractivity contribution is 6.46. The summed E-state index contributed by atoms with van der Waals surface area (Å²) in [7, 11) is 2.99.